The summed E-state index contributed by atoms with van der Waals surface area (Å²) in [6.45, 7) is 7.56. The lowest BCUT2D eigenvalue weighted by Crippen LogP contribution is -2.31. The lowest BCUT2D eigenvalue weighted by Gasteiger charge is -2.26. The van der Waals surface area contributed by atoms with Crippen LogP contribution >= 0.6 is 0 Å². The fourth-order valence-corrected chi connectivity index (χ4v) is 6.11. The molecule has 38 heavy (non-hydrogen) atoms. The molecular formula is C35H58N2O. The quantitative estimate of drug-likeness (QED) is 0.166. The maximum absolute atomic E-state index is 11.3. The number of hydrogen-bond donors (Lipinski definition) is 1. The van der Waals surface area contributed by atoms with Crippen molar-refractivity contribution in [3.05, 3.63) is 41.1 Å². The van der Waals surface area contributed by atoms with Gasteiger partial charge in [0, 0.05) is 17.6 Å². The molecule has 1 N–H and O–H groups in total. The van der Waals surface area contributed by atoms with Gasteiger partial charge in [0.1, 0.15) is 0 Å². The van der Waals surface area contributed by atoms with Crippen LogP contribution in [0.2, 0.25) is 0 Å². The largest absolute Gasteiger partial charge is 0.387 e. The molecule has 0 amide bonds. The second-order valence-corrected chi connectivity index (χ2v) is 12.0. The summed E-state index contributed by atoms with van der Waals surface area (Å²) in [6.07, 6.45) is 26.0. The molecular weight excluding hydrogens is 464 g/mol. The van der Waals surface area contributed by atoms with E-state index in [1.807, 2.05) is 0 Å². The van der Waals surface area contributed by atoms with Crippen molar-refractivity contribution in [2.24, 2.45) is 0 Å². The van der Waals surface area contributed by atoms with Gasteiger partial charge in [0.15, 0.2) is 0 Å². The molecule has 1 heterocycles. The highest BCUT2D eigenvalue weighted by molar-refractivity contribution is 5.80. The average Bonchev–Trinajstić information content (AvgIpc) is 2.94. The number of aromatic nitrogens is 1. The Balaban J connectivity index is 1.49. The number of aliphatic hydroxyl groups excluding tert-OH is 1. The minimum absolute atomic E-state index is 0.432. The number of aryl methyl sites for hydroxylation is 2. The number of unbranched alkanes of at least 4 members (excludes halogenated alkanes) is 14. The van der Waals surface area contributed by atoms with Crippen molar-refractivity contribution in [1.29, 1.82) is 0 Å². The first-order valence-corrected chi connectivity index (χ1v) is 16.5. The number of fused-ring (bicyclic) bond motifs is 2. The summed E-state index contributed by atoms with van der Waals surface area (Å²) >= 11 is 0. The predicted octanol–water partition coefficient (Wildman–Crippen LogP) is 9.73. The lowest BCUT2D eigenvalue weighted by atomic mass is 9.94. The van der Waals surface area contributed by atoms with Crippen LogP contribution in [0.4, 0.5) is 0 Å². The molecule has 0 aliphatic heterocycles. The molecule has 1 atom stereocenters. The molecule has 2 aromatic rings. The maximum Gasteiger partial charge on any atom is 0.0917 e. The second kappa shape index (κ2) is 18.8. The zero-order valence-corrected chi connectivity index (χ0v) is 25.0. The van der Waals surface area contributed by atoms with E-state index in [-0.39, 0.29) is 0 Å². The Kier molecular flexibility index (Phi) is 15.4. The first kappa shape index (κ1) is 31.1. The van der Waals surface area contributed by atoms with Gasteiger partial charge in [-0.15, -0.1) is 0 Å². The van der Waals surface area contributed by atoms with E-state index in [2.05, 4.69) is 43.0 Å². The molecule has 0 spiro atoms. The van der Waals surface area contributed by atoms with Crippen LogP contribution in [-0.2, 0) is 12.8 Å². The van der Waals surface area contributed by atoms with Crippen molar-refractivity contribution in [2.45, 2.75) is 148 Å². The maximum atomic E-state index is 11.3. The molecule has 3 rings (SSSR count). The van der Waals surface area contributed by atoms with Crippen LogP contribution in [-0.4, -0.2) is 34.6 Å². The second-order valence-electron chi connectivity index (χ2n) is 12.0. The Morgan fingerprint density at radius 1 is 0.711 bits per heavy atom. The SMILES string of the molecule is CCCCCCCCCCN(CCCCCCCCCC)CC(O)c1ccc2nc3c(cc2c1)CCCC3. The monoisotopic (exact) mass is 522 g/mol. The molecule has 1 aliphatic carbocycles. The molecule has 0 bridgehead atoms. The smallest absolute Gasteiger partial charge is 0.0917 e. The molecule has 1 aliphatic rings. The van der Waals surface area contributed by atoms with Crippen LogP contribution in [0.5, 0.6) is 0 Å². The fourth-order valence-electron chi connectivity index (χ4n) is 6.11. The molecule has 1 unspecified atom stereocenters. The Bertz CT molecular complexity index is 875. The van der Waals surface area contributed by atoms with Crippen molar-refractivity contribution < 1.29 is 5.11 Å². The number of hydrogen-bond acceptors (Lipinski definition) is 3. The summed E-state index contributed by atoms with van der Waals surface area (Å²) in [4.78, 5) is 7.50. The van der Waals surface area contributed by atoms with E-state index in [1.54, 1.807) is 0 Å². The standard InChI is InChI=1S/C35H58N2O/c1-3-5-7-9-11-13-15-19-25-37(26-20-16-14-12-10-8-6-4-2)29-35(38)31-23-24-34-32(28-31)27-30-21-17-18-22-33(30)36-34/h23-24,27-28,35,38H,3-22,25-26,29H2,1-2H3. The Morgan fingerprint density at radius 2 is 1.26 bits per heavy atom. The third-order valence-corrected chi connectivity index (χ3v) is 8.59. The van der Waals surface area contributed by atoms with Gasteiger partial charge in [0.25, 0.3) is 0 Å². The molecule has 0 saturated carbocycles. The highest BCUT2D eigenvalue weighted by Crippen LogP contribution is 2.26. The minimum atomic E-state index is -0.432. The van der Waals surface area contributed by atoms with E-state index in [1.165, 1.54) is 132 Å². The molecule has 3 heteroatoms. The van der Waals surface area contributed by atoms with Gasteiger partial charge >= 0.3 is 0 Å². The fraction of sp³-hybridized carbons (Fsp3) is 0.743. The summed E-state index contributed by atoms with van der Waals surface area (Å²) in [6, 6.07) is 8.78. The van der Waals surface area contributed by atoms with Gasteiger partial charge in [-0.05, 0) is 80.9 Å². The number of aliphatic hydroxyl groups is 1. The van der Waals surface area contributed by atoms with Crippen molar-refractivity contribution >= 4 is 10.9 Å². The first-order chi connectivity index (χ1) is 18.7. The van der Waals surface area contributed by atoms with Crippen LogP contribution in [0.15, 0.2) is 24.3 Å². The van der Waals surface area contributed by atoms with E-state index >= 15 is 0 Å². The molecule has 3 nitrogen and oxygen atoms in total. The average molecular weight is 523 g/mol. The van der Waals surface area contributed by atoms with Crippen LogP contribution in [0.3, 0.4) is 0 Å². The topological polar surface area (TPSA) is 36.4 Å². The van der Waals surface area contributed by atoms with E-state index in [9.17, 15) is 5.11 Å². The highest BCUT2D eigenvalue weighted by atomic mass is 16.3. The normalized spacial score (nSPS) is 14.3. The molecule has 0 radical (unpaired) electrons. The summed E-state index contributed by atoms with van der Waals surface area (Å²) in [5.41, 5.74) is 4.84. The number of pyridine rings is 1. The van der Waals surface area contributed by atoms with Crippen LogP contribution in [0, 0.1) is 0 Å². The zero-order valence-electron chi connectivity index (χ0n) is 25.0. The first-order valence-electron chi connectivity index (χ1n) is 16.5. The third kappa shape index (κ3) is 11.3. The Labute approximate surface area is 234 Å². The van der Waals surface area contributed by atoms with Crippen molar-refractivity contribution in [3.8, 4) is 0 Å². The summed E-state index contributed by atoms with van der Waals surface area (Å²) in [5.74, 6) is 0. The van der Waals surface area contributed by atoms with E-state index in [4.69, 9.17) is 4.98 Å². The van der Waals surface area contributed by atoms with Gasteiger partial charge in [-0.2, -0.15) is 0 Å². The van der Waals surface area contributed by atoms with E-state index < -0.39 is 6.10 Å². The van der Waals surface area contributed by atoms with Crippen LogP contribution in [0.1, 0.15) is 152 Å². The number of benzene rings is 1. The summed E-state index contributed by atoms with van der Waals surface area (Å²) < 4.78 is 0. The summed E-state index contributed by atoms with van der Waals surface area (Å²) in [5, 5.41) is 12.5. The zero-order chi connectivity index (χ0) is 26.8. The van der Waals surface area contributed by atoms with Gasteiger partial charge in [-0.3, -0.25) is 4.98 Å². The van der Waals surface area contributed by atoms with E-state index in [0.717, 1.165) is 43.6 Å². The molecule has 0 saturated heterocycles. The molecule has 1 aromatic heterocycles. The van der Waals surface area contributed by atoms with Gasteiger partial charge in [0.2, 0.25) is 0 Å². The van der Waals surface area contributed by atoms with Crippen molar-refractivity contribution in [3.63, 3.8) is 0 Å². The molecule has 0 fully saturated rings. The third-order valence-electron chi connectivity index (χ3n) is 8.59. The van der Waals surface area contributed by atoms with Gasteiger partial charge < -0.3 is 10.0 Å². The van der Waals surface area contributed by atoms with Crippen molar-refractivity contribution in [1.82, 2.24) is 9.88 Å². The van der Waals surface area contributed by atoms with Gasteiger partial charge in [-0.25, -0.2) is 0 Å². The molecule has 214 valence electrons. The Morgan fingerprint density at radius 3 is 1.87 bits per heavy atom. The highest BCUT2D eigenvalue weighted by Gasteiger charge is 2.16. The van der Waals surface area contributed by atoms with Gasteiger partial charge in [0.05, 0.1) is 11.6 Å². The van der Waals surface area contributed by atoms with Crippen LogP contribution in [0.25, 0.3) is 10.9 Å². The summed E-state index contributed by atoms with van der Waals surface area (Å²) in [7, 11) is 0. The predicted molar refractivity (Wildman–Crippen MR) is 165 cm³/mol. The molecule has 1 aromatic carbocycles. The van der Waals surface area contributed by atoms with Gasteiger partial charge in [-0.1, -0.05) is 110 Å². The number of nitrogens with zero attached hydrogens (tertiary/aromatic N) is 2. The lowest BCUT2D eigenvalue weighted by molar-refractivity contribution is 0.110. The van der Waals surface area contributed by atoms with E-state index in [0.29, 0.717) is 0 Å². The van der Waals surface area contributed by atoms with Crippen LogP contribution < -0.4 is 0 Å². The van der Waals surface area contributed by atoms with Crippen molar-refractivity contribution in [2.75, 3.05) is 19.6 Å². The minimum Gasteiger partial charge on any atom is -0.387 e. The number of rotatable bonds is 21. The Hall–Kier alpha value is -1.45.